The van der Waals surface area contributed by atoms with Gasteiger partial charge in [0.25, 0.3) is 0 Å². The van der Waals surface area contributed by atoms with Gasteiger partial charge in [0.1, 0.15) is 5.75 Å². The van der Waals surface area contributed by atoms with Crippen LogP contribution < -0.4 is 10.1 Å². The van der Waals surface area contributed by atoms with Crippen molar-refractivity contribution >= 4 is 5.78 Å². The zero-order chi connectivity index (χ0) is 14.5. The highest BCUT2D eigenvalue weighted by Crippen LogP contribution is 2.23. The topological polar surface area (TPSA) is 38.3 Å². The van der Waals surface area contributed by atoms with E-state index in [0.717, 1.165) is 18.7 Å². The van der Waals surface area contributed by atoms with Crippen LogP contribution >= 0.6 is 0 Å². The minimum Gasteiger partial charge on any atom is -0.406 e. The van der Waals surface area contributed by atoms with Gasteiger partial charge >= 0.3 is 6.36 Å². The standard InChI is InChI=1S/C13H16F3NO2/c1-3-17-9(2)7-12(18)10-5-4-6-11(8-10)19-13(14,15)16/h4-6,8-9,17H,3,7H2,1-2H3. The molecule has 0 aliphatic carbocycles. The van der Waals surface area contributed by atoms with Crippen LogP contribution in [0.15, 0.2) is 24.3 Å². The Kier molecular flexibility index (Phi) is 5.35. The van der Waals surface area contributed by atoms with E-state index >= 15 is 0 Å². The maximum absolute atomic E-state index is 12.1. The molecule has 106 valence electrons. The van der Waals surface area contributed by atoms with E-state index in [9.17, 15) is 18.0 Å². The second-order valence-electron chi connectivity index (χ2n) is 4.16. The number of nitrogens with one attached hydrogen (secondary N) is 1. The lowest BCUT2D eigenvalue weighted by molar-refractivity contribution is -0.274. The Hall–Kier alpha value is -1.56. The number of rotatable bonds is 6. The van der Waals surface area contributed by atoms with Crippen LogP contribution in [-0.4, -0.2) is 24.7 Å². The molecule has 6 heteroatoms. The largest absolute Gasteiger partial charge is 0.573 e. The molecule has 0 aromatic heterocycles. The van der Waals surface area contributed by atoms with Gasteiger partial charge < -0.3 is 10.1 Å². The highest BCUT2D eigenvalue weighted by molar-refractivity contribution is 5.96. The number of halogens is 3. The van der Waals surface area contributed by atoms with Crippen molar-refractivity contribution in [2.24, 2.45) is 0 Å². The number of carbonyl (C=O) groups is 1. The van der Waals surface area contributed by atoms with Gasteiger partial charge in [0.15, 0.2) is 5.78 Å². The quantitative estimate of drug-likeness (QED) is 0.810. The summed E-state index contributed by atoms with van der Waals surface area (Å²) >= 11 is 0. The molecule has 1 atom stereocenters. The molecule has 1 aromatic rings. The molecule has 0 radical (unpaired) electrons. The van der Waals surface area contributed by atoms with Crippen molar-refractivity contribution in [3.63, 3.8) is 0 Å². The summed E-state index contributed by atoms with van der Waals surface area (Å²) in [5, 5.41) is 3.07. The first-order valence-corrected chi connectivity index (χ1v) is 5.94. The number of ketones is 1. The molecule has 1 rings (SSSR count). The van der Waals surface area contributed by atoms with E-state index in [0.29, 0.717) is 0 Å². The molecule has 0 spiro atoms. The van der Waals surface area contributed by atoms with Crippen molar-refractivity contribution in [2.45, 2.75) is 32.7 Å². The first-order valence-electron chi connectivity index (χ1n) is 5.94. The van der Waals surface area contributed by atoms with E-state index in [1.165, 1.54) is 12.1 Å². The Morgan fingerprint density at radius 1 is 1.42 bits per heavy atom. The third-order valence-corrected chi connectivity index (χ3v) is 2.43. The molecule has 19 heavy (non-hydrogen) atoms. The van der Waals surface area contributed by atoms with Crippen molar-refractivity contribution in [1.29, 1.82) is 0 Å². The third kappa shape index (κ3) is 5.74. The molecule has 3 nitrogen and oxygen atoms in total. The smallest absolute Gasteiger partial charge is 0.406 e. The fourth-order valence-corrected chi connectivity index (χ4v) is 1.68. The fourth-order valence-electron chi connectivity index (χ4n) is 1.68. The summed E-state index contributed by atoms with van der Waals surface area (Å²) in [6, 6.07) is 5.09. The van der Waals surface area contributed by atoms with Crippen molar-refractivity contribution in [3.05, 3.63) is 29.8 Å². The zero-order valence-corrected chi connectivity index (χ0v) is 10.8. The number of alkyl halides is 3. The van der Waals surface area contributed by atoms with Crippen LogP contribution in [0.4, 0.5) is 13.2 Å². The molecule has 0 bridgehead atoms. The Bertz CT molecular complexity index is 432. The number of hydrogen-bond acceptors (Lipinski definition) is 3. The van der Waals surface area contributed by atoms with Gasteiger partial charge in [-0.2, -0.15) is 0 Å². The zero-order valence-electron chi connectivity index (χ0n) is 10.8. The lowest BCUT2D eigenvalue weighted by Crippen LogP contribution is -2.28. The van der Waals surface area contributed by atoms with Crippen LogP contribution in [0.3, 0.4) is 0 Å². The van der Waals surface area contributed by atoms with Gasteiger partial charge in [-0.25, -0.2) is 0 Å². The van der Waals surface area contributed by atoms with Crippen molar-refractivity contribution in [1.82, 2.24) is 5.32 Å². The molecule has 0 amide bonds. The number of benzene rings is 1. The van der Waals surface area contributed by atoms with Crippen LogP contribution in [0.5, 0.6) is 5.75 Å². The van der Waals surface area contributed by atoms with E-state index < -0.39 is 6.36 Å². The normalized spacial score (nSPS) is 13.1. The number of carbonyl (C=O) groups excluding carboxylic acids is 1. The molecule has 1 unspecified atom stereocenters. The Labute approximate surface area is 109 Å². The maximum atomic E-state index is 12.1. The summed E-state index contributed by atoms with van der Waals surface area (Å²) in [5.41, 5.74) is 0.214. The van der Waals surface area contributed by atoms with E-state index in [4.69, 9.17) is 0 Å². The minimum absolute atomic E-state index is 0.0234. The van der Waals surface area contributed by atoms with Gasteiger partial charge in [-0.1, -0.05) is 19.1 Å². The van der Waals surface area contributed by atoms with Gasteiger partial charge in [-0.15, -0.1) is 13.2 Å². The van der Waals surface area contributed by atoms with Crippen LogP contribution in [0.1, 0.15) is 30.6 Å². The molecule has 1 aromatic carbocycles. The molecule has 0 fully saturated rings. The lowest BCUT2D eigenvalue weighted by Gasteiger charge is -2.12. The number of ether oxygens (including phenoxy) is 1. The highest BCUT2D eigenvalue weighted by atomic mass is 19.4. The predicted octanol–water partition coefficient (Wildman–Crippen LogP) is 3.16. The van der Waals surface area contributed by atoms with Gasteiger partial charge in [0.2, 0.25) is 0 Å². The summed E-state index contributed by atoms with van der Waals surface area (Å²) in [6.45, 7) is 4.49. The van der Waals surface area contributed by atoms with E-state index in [1.54, 1.807) is 0 Å². The average Bonchev–Trinajstić information content (AvgIpc) is 2.27. The second kappa shape index (κ2) is 6.56. The Balaban J connectivity index is 2.73. The van der Waals surface area contributed by atoms with E-state index in [1.807, 2.05) is 13.8 Å². The number of Topliss-reactive ketones (excluding diaryl/α,β-unsaturated/α-hetero) is 1. The number of hydrogen-bond donors (Lipinski definition) is 1. The minimum atomic E-state index is -4.75. The van der Waals surface area contributed by atoms with Crippen LogP contribution in [0.2, 0.25) is 0 Å². The Morgan fingerprint density at radius 2 is 2.11 bits per heavy atom. The summed E-state index contributed by atoms with van der Waals surface area (Å²) in [6.07, 6.45) is -4.53. The highest BCUT2D eigenvalue weighted by Gasteiger charge is 2.31. The molecular formula is C13H16F3NO2. The molecule has 0 heterocycles. The van der Waals surface area contributed by atoms with Crippen molar-refractivity contribution in [2.75, 3.05) is 6.54 Å². The first kappa shape index (κ1) is 15.5. The monoisotopic (exact) mass is 275 g/mol. The summed E-state index contributed by atoms with van der Waals surface area (Å²) in [5.74, 6) is -0.601. The van der Waals surface area contributed by atoms with Crippen LogP contribution in [0, 0.1) is 0 Å². The third-order valence-electron chi connectivity index (χ3n) is 2.43. The van der Waals surface area contributed by atoms with Gasteiger partial charge in [0, 0.05) is 18.0 Å². The average molecular weight is 275 g/mol. The lowest BCUT2D eigenvalue weighted by atomic mass is 10.0. The van der Waals surface area contributed by atoms with Gasteiger partial charge in [-0.3, -0.25) is 4.79 Å². The van der Waals surface area contributed by atoms with E-state index in [2.05, 4.69) is 10.1 Å². The van der Waals surface area contributed by atoms with Crippen LogP contribution in [0.25, 0.3) is 0 Å². The van der Waals surface area contributed by atoms with Crippen LogP contribution in [-0.2, 0) is 0 Å². The van der Waals surface area contributed by atoms with Crippen molar-refractivity contribution < 1.29 is 22.7 Å². The molecule has 0 saturated heterocycles. The Morgan fingerprint density at radius 3 is 2.68 bits per heavy atom. The molecule has 0 aliphatic rings. The fraction of sp³-hybridized carbons (Fsp3) is 0.462. The maximum Gasteiger partial charge on any atom is 0.573 e. The van der Waals surface area contributed by atoms with Gasteiger partial charge in [0.05, 0.1) is 0 Å². The second-order valence-corrected chi connectivity index (χ2v) is 4.16. The van der Waals surface area contributed by atoms with Gasteiger partial charge in [-0.05, 0) is 25.6 Å². The molecule has 0 saturated carbocycles. The molecule has 0 aliphatic heterocycles. The predicted molar refractivity (Wildman–Crippen MR) is 65.2 cm³/mol. The summed E-state index contributed by atoms with van der Waals surface area (Å²) in [7, 11) is 0. The summed E-state index contributed by atoms with van der Waals surface area (Å²) in [4.78, 5) is 11.9. The molecular weight excluding hydrogens is 259 g/mol. The molecule has 1 N–H and O–H groups in total. The summed E-state index contributed by atoms with van der Waals surface area (Å²) < 4.78 is 40.0. The SMILES string of the molecule is CCNC(C)CC(=O)c1cccc(OC(F)(F)F)c1. The van der Waals surface area contributed by atoms with E-state index in [-0.39, 0.29) is 29.6 Å². The first-order chi connectivity index (χ1) is 8.81. The van der Waals surface area contributed by atoms with Crippen molar-refractivity contribution in [3.8, 4) is 5.75 Å².